The Balaban J connectivity index is 3.35. The Morgan fingerprint density at radius 3 is 2.41 bits per heavy atom. The number of carboxylic acids is 1. The number of nitrogens with zero attached hydrogens (tertiary/aromatic N) is 1. The van der Waals surface area contributed by atoms with Crippen molar-refractivity contribution in [2.45, 2.75) is 26.4 Å². The highest BCUT2D eigenvalue weighted by atomic mass is 16.6. The van der Waals surface area contributed by atoms with Crippen molar-refractivity contribution in [3.8, 4) is 5.75 Å². The maximum Gasteiger partial charge on any atom is 0.342 e. The van der Waals surface area contributed by atoms with E-state index in [2.05, 4.69) is 0 Å². The van der Waals surface area contributed by atoms with E-state index in [1.807, 2.05) is 0 Å². The molecule has 0 bridgehead atoms. The van der Waals surface area contributed by atoms with Crippen LogP contribution < -0.4 is 4.74 Å². The lowest BCUT2D eigenvalue weighted by Gasteiger charge is -2.21. The highest BCUT2D eigenvalue weighted by Crippen LogP contribution is 2.33. The fourth-order valence-electron chi connectivity index (χ4n) is 1.30. The van der Waals surface area contributed by atoms with Crippen LogP contribution in [0.5, 0.6) is 5.75 Å². The van der Waals surface area contributed by atoms with Gasteiger partial charge in [0.1, 0.15) is 11.2 Å². The molecule has 0 aliphatic heterocycles. The third-order valence-corrected chi connectivity index (χ3v) is 1.83. The van der Waals surface area contributed by atoms with Crippen molar-refractivity contribution < 1.29 is 19.6 Å². The zero-order valence-electron chi connectivity index (χ0n) is 9.76. The van der Waals surface area contributed by atoms with Crippen molar-refractivity contribution in [2.75, 3.05) is 0 Å². The normalized spacial score (nSPS) is 11.0. The highest BCUT2D eigenvalue weighted by Gasteiger charge is 2.27. The van der Waals surface area contributed by atoms with Gasteiger partial charge in [0.15, 0.2) is 5.75 Å². The number of carboxylic acid groups (broad SMARTS) is 1. The van der Waals surface area contributed by atoms with Crippen LogP contribution in [0, 0.1) is 10.1 Å². The third-order valence-electron chi connectivity index (χ3n) is 1.83. The molecular formula is C11H13NO5. The summed E-state index contributed by atoms with van der Waals surface area (Å²) in [5, 5.41) is 19.8. The van der Waals surface area contributed by atoms with Gasteiger partial charge in [-0.15, -0.1) is 0 Å². The van der Waals surface area contributed by atoms with Gasteiger partial charge in [0.25, 0.3) is 0 Å². The molecule has 6 nitrogen and oxygen atoms in total. The Bertz CT molecular complexity index is 461. The van der Waals surface area contributed by atoms with Crippen LogP contribution in [0.4, 0.5) is 5.69 Å². The van der Waals surface area contributed by atoms with Crippen LogP contribution in [0.3, 0.4) is 0 Å². The van der Waals surface area contributed by atoms with Crippen molar-refractivity contribution in [1.29, 1.82) is 0 Å². The van der Waals surface area contributed by atoms with Crippen LogP contribution in [0.15, 0.2) is 18.2 Å². The molecule has 0 fully saturated rings. The second kappa shape index (κ2) is 4.40. The molecule has 0 atom stereocenters. The lowest BCUT2D eigenvalue weighted by molar-refractivity contribution is -0.386. The van der Waals surface area contributed by atoms with Gasteiger partial charge in [0.05, 0.1) is 4.92 Å². The standard InChI is InChI=1S/C11H13NO5/c1-11(2,3)17-8-6-4-5-7(10(13)14)9(8)12(15)16/h4-6H,1-3H3,(H,13,14). The second-order valence-corrected chi connectivity index (χ2v) is 4.43. The summed E-state index contributed by atoms with van der Waals surface area (Å²) in [5.41, 5.74) is -1.53. The Labute approximate surface area is 98.0 Å². The number of hydrogen-bond acceptors (Lipinski definition) is 4. The predicted octanol–water partition coefficient (Wildman–Crippen LogP) is 2.47. The summed E-state index contributed by atoms with van der Waals surface area (Å²) in [6.45, 7) is 5.18. The maximum absolute atomic E-state index is 10.9. The minimum atomic E-state index is -1.35. The Hall–Kier alpha value is -2.11. The molecule has 0 amide bonds. The molecule has 0 aliphatic carbocycles. The Morgan fingerprint density at radius 2 is 2.00 bits per heavy atom. The van der Waals surface area contributed by atoms with Gasteiger partial charge < -0.3 is 9.84 Å². The largest absolute Gasteiger partial charge is 0.481 e. The smallest absolute Gasteiger partial charge is 0.342 e. The lowest BCUT2D eigenvalue weighted by Crippen LogP contribution is -2.23. The fraction of sp³-hybridized carbons (Fsp3) is 0.364. The summed E-state index contributed by atoms with van der Waals surface area (Å²) in [6.07, 6.45) is 0. The van der Waals surface area contributed by atoms with E-state index >= 15 is 0 Å². The molecule has 0 aliphatic rings. The summed E-state index contributed by atoms with van der Waals surface area (Å²) in [4.78, 5) is 21.0. The molecule has 0 saturated carbocycles. The minimum absolute atomic E-state index is 0.0394. The molecule has 0 saturated heterocycles. The minimum Gasteiger partial charge on any atom is -0.481 e. The second-order valence-electron chi connectivity index (χ2n) is 4.43. The molecule has 1 aromatic carbocycles. The van der Waals surface area contributed by atoms with Crippen LogP contribution in [0.25, 0.3) is 0 Å². The van der Waals surface area contributed by atoms with Crippen molar-refractivity contribution in [3.05, 3.63) is 33.9 Å². The fourth-order valence-corrected chi connectivity index (χ4v) is 1.30. The number of carbonyl (C=O) groups is 1. The van der Waals surface area contributed by atoms with Gasteiger partial charge in [-0.3, -0.25) is 10.1 Å². The number of hydrogen-bond donors (Lipinski definition) is 1. The van der Waals surface area contributed by atoms with E-state index in [1.165, 1.54) is 18.2 Å². The van der Waals surface area contributed by atoms with Crippen molar-refractivity contribution >= 4 is 11.7 Å². The van der Waals surface area contributed by atoms with Gasteiger partial charge in [0.2, 0.25) is 0 Å². The van der Waals surface area contributed by atoms with Crippen LogP contribution >= 0.6 is 0 Å². The van der Waals surface area contributed by atoms with Crippen LogP contribution in [-0.4, -0.2) is 21.6 Å². The van der Waals surface area contributed by atoms with E-state index in [0.717, 1.165) is 0 Å². The maximum atomic E-state index is 10.9. The summed E-state index contributed by atoms with van der Waals surface area (Å²) < 4.78 is 5.38. The molecule has 0 spiro atoms. The zero-order valence-corrected chi connectivity index (χ0v) is 9.76. The van der Waals surface area contributed by atoms with Crippen LogP contribution in [0.2, 0.25) is 0 Å². The number of nitro groups is 1. The molecule has 0 unspecified atom stereocenters. The van der Waals surface area contributed by atoms with Crippen LogP contribution in [0.1, 0.15) is 31.1 Å². The number of aromatic carboxylic acids is 1. The highest BCUT2D eigenvalue weighted by molar-refractivity contribution is 5.93. The molecule has 17 heavy (non-hydrogen) atoms. The van der Waals surface area contributed by atoms with Gasteiger partial charge in [-0.2, -0.15) is 0 Å². The molecule has 0 radical (unpaired) electrons. The van der Waals surface area contributed by atoms with Gasteiger partial charge in [-0.05, 0) is 32.9 Å². The molecule has 1 N–H and O–H groups in total. The SMILES string of the molecule is CC(C)(C)Oc1cccc(C(=O)O)c1[N+](=O)[O-]. The van der Waals surface area contributed by atoms with E-state index in [0.29, 0.717) is 0 Å². The molecule has 6 heteroatoms. The number of para-hydroxylation sites is 1. The molecule has 1 rings (SSSR count). The summed E-state index contributed by atoms with van der Waals surface area (Å²) in [6, 6.07) is 3.98. The zero-order chi connectivity index (χ0) is 13.2. The average Bonchev–Trinajstić information content (AvgIpc) is 2.14. The number of nitro benzene ring substituents is 1. The van der Waals surface area contributed by atoms with Crippen LogP contribution in [-0.2, 0) is 0 Å². The Kier molecular flexibility index (Phi) is 3.36. The first-order chi connectivity index (χ1) is 7.72. The lowest BCUT2D eigenvalue weighted by atomic mass is 10.1. The number of benzene rings is 1. The average molecular weight is 239 g/mol. The monoisotopic (exact) mass is 239 g/mol. The number of rotatable bonds is 3. The first kappa shape index (κ1) is 13.0. The first-order valence-corrected chi connectivity index (χ1v) is 4.92. The van der Waals surface area contributed by atoms with E-state index < -0.39 is 22.2 Å². The van der Waals surface area contributed by atoms with E-state index in [1.54, 1.807) is 20.8 Å². The third kappa shape index (κ3) is 3.17. The molecular weight excluding hydrogens is 226 g/mol. The van der Waals surface area contributed by atoms with E-state index in [9.17, 15) is 14.9 Å². The topological polar surface area (TPSA) is 89.7 Å². The summed E-state index contributed by atoms with van der Waals surface area (Å²) in [7, 11) is 0. The molecule has 0 aromatic heterocycles. The van der Waals surface area contributed by atoms with E-state index in [-0.39, 0.29) is 11.3 Å². The van der Waals surface area contributed by atoms with Crippen molar-refractivity contribution in [2.24, 2.45) is 0 Å². The number of ether oxygens (including phenoxy) is 1. The van der Waals surface area contributed by atoms with Gasteiger partial charge >= 0.3 is 11.7 Å². The molecule has 0 heterocycles. The molecule has 1 aromatic rings. The Morgan fingerprint density at radius 1 is 1.41 bits per heavy atom. The van der Waals surface area contributed by atoms with E-state index in [4.69, 9.17) is 9.84 Å². The van der Waals surface area contributed by atoms with Gasteiger partial charge in [0, 0.05) is 0 Å². The quantitative estimate of drug-likeness (QED) is 0.646. The van der Waals surface area contributed by atoms with Gasteiger partial charge in [-0.1, -0.05) is 6.07 Å². The summed E-state index contributed by atoms with van der Waals surface area (Å²) in [5.74, 6) is -1.39. The summed E-state index contributed by atoms with van der Waals surface area (Å²) >= 11 is 0. The molecule has 92 valence electrons. The first-order valence-electron chi connectivity index (χ1n) is 4.92. The van der Waals surface area contributed by atoms with Gasteiger partial charge in [-0.25, -0.2) is 4.79 Å². The predicted molar refractivity (Wildman–Crippen MR) is 60.4 cm³/mol. The van der Waals surface area contributed by atoms with Crippen molar-refractivity contribution in [1.82, 2.24) is 0 Å². The van der Waals surface area contributed by atoms with Crippen molar-refractivity contribution in [3.63, 3.8) is 0 Å².